The summed E-state index contributed by atoms with van der Waals surface area (Å²) in [6.45, 7) is 2.41. The smallest absolute Gasteiger partial charge is 0.146 e. The number of ether oxygens (including phenoxy) is 1. The zero-order valence-corrected chi connectivity index (χ0v) is 10.7. The van der Waals surface area contributed by atoms with Crippen molar-refractivity contribution in [3.8, 4) is 11.5 Å². The van der Waals surface area contributed by atoms with Gasteiger partial charge in [0, 0.05) is 6.54 Å². The first kappa shape index (κ1) is 12.9. The van der Waals surface area contributed by atoms with Gasteiger partial charge < -0.3 is 10.5 Å². The van der Waals surface area contributed by atoms with Crippen LogP contribution in [-0.2, 0) is 6.54 Å². The number of rotatable bonds is 3. The van der Waals surface area contributed by atoms with Crippen LogP contribution in [0.1, 0.15) is 11.1 Å². The first-order chi connectivity index (χ1) is 8.60. The van der Waals surface area contributed by atoms with Crippen LogP contribution in [0.4, 0.5) is 4.39 Å². The molecule has 0 aliphatic carbocycles. The molecule has 0 radical (unpaired) electrons. The molecule has 0 bridgehead atoms. The highest BCUT2D eigenvalue weighted by Crippen LogP contribution is 2.31. The van der Waals surface area contributed by atoms with Gasteiger partial charge in [-0.2, -0.15) is 0 Å². The van der Waals surface area contributed by atoms with Crippen molar-refractivity contribution in [1.29, 1.82) is 0 Å². The van der Waals surface area contributed by atoms with Crippen molar-refractivity contribution in [3.05, 3.63) is 58.4 Å². The summed E-state index contributed by atoms with van der Waals surface area (Å²) in [7, 11) is 0. The van der Waals surface area contributed by atoms with E-state index in [1.807, 2.05) is 25.1 Å². The predicted molar refractivity (Wildman–Crippen MR) is 70.6 cm³/mol. The quantitative estimate of drug-likeness (QED) is 0.909. The number of hydrogen-bond acceptors (Lipinski definition) is 2. The molecule has 4 heteroatoms. The van der Waals surface area contributed by atoms with Gasteiger partial charge in [0.2, 0.25) is 0 Å². The second-order valence-electron chi connectivity index (χ2n) is 3.98. The third-order valence-corrected chi connectivity index (χ3v) is 2.88. The Hall–Kier alpha value is -1.58. The average molecular weight is 266 g/mol. The molecule has 0 atom stereocenters. The monoisotopic (exact) mass is 265 g/mol. The lowest BCUT2D eigenvalue weighted by Crippen LogP contribution is -1.97. The Morgan fingerprint density at radius 2 is 1.89 bits per heavy atom. The molecule has 2 N–H and O–H groups in total. The fraction of sp³-hybridized carbons (Fsp3) is 0.143. The highest BCUT2D eigenvalue weighted by atomic mass is 35.5. The second-order valence-corrected chi connectivity index (χ2v) is 4.39. The highest BCUT2D eigenvalue weighted by Gasteiger charge is 2.07. The molecule has 0 aliphatic heterocycles. The summed E-state index contributed by atoms with van der Waals surface area (Å²) in [5, 5.41) is 0.248. The van der Waals surface area contributed by atoms with Crippen molar-refractivity contribution in [1.82, 2.24) is 0 Å². The molecular formula is C14H13ClFNO. The lowest BCUT2D eigenvalue weighted by molar-refractivity contribution is 0.477. The second kappa shape index (κ2) is 5.38. The van der Waals surface area contributed by atoms with E-state index < -0.39 is 0 Å². The molecule has 0 amide bonds. The number of halogens is 2. The Bertz CT molecular complexity index is 572. The zero-order chi connectivity index (χ0) is 13.1. The van der Waals surface area contributed by atoms with Gasteiger partial charge in [-0.25, -0.2) is 4.39 Å². The van der Waals surface area contributed by atoms with Crippen LogP contribution < -0.4 is 10.5 Å². The molecule has 0 heterocycles. The van der Waals surface area contributed by atoms with Gasteiger partial charge in [-0.15, -0.1) is 0 Å². The van der Waals surface area contributed by atoms with Crippen molar-refractivity contribution >= 4 is 11.6 Å². The molecule has 0 fully saturated rings. The van der Waals surface area contributed by atoms with Crippen LogP contribution in [0.25, 0.3) is 0 Å². The summed E-state index contributed by atoms with van der Waals surface area (Å²) in [6.07, 6.45) is 0. The van der Waals surface area contributed by atoms with Crippen molar-refractivity contribution in [2.24, 2.45) is 5.73 Å². The van der Waals surface area contributed by atoms with Crippen molar-refractivity contribution in [3.63, 3.8) is 0 Å². The van der Waals surface area contributed by atoms with Gasteiger partial charge >= 0.3 is 0 Å². The van der Waals surface area contributed by atoms with E-state index in [1.54, 1.807) is 0 Å². The van der Waals surface area contributed by atoms with E-state index in [1.165, 1.54) is 18.2 Å². The maximum absolute atomic E-state index is 12.9. The van der Waals surface area contributed by atoms with Crippen molar-refractivity contribution in [2.75, 3.05) is 0 Å². The summed E-state index contributed by atoms with van der Waals surface area (Å²) in [4.78, 5) is 0. The van der Waals surface area contributed by atoms with Crippen LogP contribution in [0.2, 0.25) is 5.02 Å². The first-order valence-electron chi connectivity index (χ1n) is 5.52. The van der Waals surface area contributed by atoms with E-state index >= 15 is 0 Å². The number of hydrogen-bond donors (Lipinski definition) is 1. The van der Waals surface area contributed by atoms with Crippen LogP contribution in [-0.4, -0.2) is 0 Å². The Morgan fingerprint density at radius 3 is 2.50 bits per heavy atom. The average Bonchev–Trinajstić information content (AvgIpc) is 2.34. The Kier molecular flexibility index (Phi) is 3.84. The highest BCUT2D eigenvalue weighted by molar-refractivity contribution is 6.32. The van der Waals surface area contributed by atoms with Crippen LogP contribution in [0, 0.1) is 12.7 Å². The molecule has 0 saturated carbocycles. The summed E-state index contributed by atoms with van der Waals surface area (Å²) in [6, 6.07) is 9.71. The van der Waals surface area contributed by atoms with Crippen LogP contribution in [0.5, 0.6) is 11.5 Å². The molecule has 94 valence electrons. The Morgan fingerprint density at radius 1 is 1.17 bits per heavy atom. The number of aryl methyl sites for hydroxylation is 1. The van der Waals surface area contributed by atoms with Gasteiger partial charge in [0.1, 0.15) is 17.3 Å². The molecule has 2 rings (SSSR count). The van der Waals surface area contributed by atoms with Gasteiger partial charge in [-0.05, 0) is 42.3 Å². The van der Waals surface area contributed by atoms with E-state index in [9.17, 15) is 4.39 Å². The van der Waals surface area contributed by atoms with E-state index in [0.717, 1.165) is 11.1 Å². The topological polar surface area (TPSA) is 35.2 Å². The van der Waals surface area contributed by atoms with Gasteiger partial charge in [-0.3, -0.25) is 0 Å². The minimum absolute atomic E-state index is 0.248. The van der Waals surface area contributed by atoms with E-state index in [4.69, 9.17) is 22.1 Å². The normalized spacial score (nSPS) is 10.4. The molecule has 0 saturated heterocycles. The van der Waals surface area contributed by atoms with E-state index in [0.29, 0.717) is 18.0 Å². The molecule has 2 aromatic rings. The van der Waals surface area contributed by atoms with Gasteiger partial charge in [0.15, 0.2) is 0 Å². The van der Waals surface area contributed by atoms with Gasteiger partial charge in [0.25, 0.3) is 0 Å². The molecular weight excluding hydrogens is 253 g/mol. The minimum Gasteiger partial charge on any atom is -0.456 e. The van der Waals surface area contributed by atoms with Gasteiger partial charge in [-0.1, -0.05) is 23.7 Å². The summed E-state index contributed by atoms with van der Waals surface area (Å²) >= 11 is 5.91. The largest absolute Gasteiger partial charge is 0.456 e. The molecule has 0 unspecified atom stereocenters. The van der Waals surface area contributed by atoms with Crippen molar-refractivity contribution < 1.29 is 9.13 Å². The Labute approximate surface area is 110 Å². The first-order valence-corrected chi connectivity index (χ1v) is 5.90. The molecule has 2 nitrogen and oxygen atoms in total. The minimum atomic E-state index is -0.387. The lowest BCUT2D eigenvalue weighted by atomic mass is 10.1. The van der Waals surface area contributed by atoms with E-state index in [-0.39, 0.29) is 10.8 Å². The molecule has 0 aliphatic rings. The predicted octanol–water partition coefficient (Wildman–Crippen LogP) is 4.04. The summed E-state index contributed by atoms with van der Waals surface area (Å²) < 4.78 is 18.6. The molecule has 0 spiro atoms. The fourth-order valence-corrected chi connectivity index (χ4v) is 1.84. The third-order valence-electron chi connectivity index (χ3n) is 2.59. The maximum Gasteiger partial charge on any atom is 0.146 e. The molecule has 2 aromatic carbocycles. The van der Waals surface area contributed by atoms with Crippen LogP contribution in [0.3, 0.4) is 0 Å². The van der Waals surface area contributed by atoms with Crippen molar-refractivity contribution in [2.45, 2.75) is 13.5 Å². The van der Waals surface area contributed by atoms with Crippen LogP contribution in [0.15, 0.2) is 36.4 Å². The maximum atomic E-state index is 12.9. The lowest BCUT2D eigenvalue weighted by Gasteiger charge is -2.11. The standard InChI is InChI=1S/C14H13ClFNO/c1-9-6-10(8-17)2-4-13(9)18-14-5-3-11(16)7-12(14)15/h2-7H,8,17H2,1H3. The van der Waals surface area contributed by atoms with E-state index in [2.05, 4.69) is 0 Å². The molecule has 18 heavy (non-hydrogen) atoms. The fourth-order valence-electron chi connectivity index (χ4n) is 1.63. The zero-order valence-electron chi connectivity index (χ0n) is 9.91. The SMILES string of the molecule is Cc1cc(CN)ccc1Oc1ccc(F)cc1Cl. The molecule has 0 aromatic heterocycles. The number of nitrogens with two attached hydrogens (primary N) is 1. The summed E-state index contributed by atoms with van der Waals surface area (Å²) in [5.41, 5.74) is 7.55. The summed E-state index contributed by atoms with van der Waals surface area (Å²) in [5.74, 6) is 0.727. The Balaban J connectivity index is 2.28. The third kappa shape index (κ3) is 2.81. The van der Waals surface area contributed by atoms with Crippen LogP contribution >= 0.6 is 11.6 Å². The number of benzene rings is 2. The van der Waals surface area contributed by atoms with Gasteiger partial charge in [0.05, 0.1) is 5.02 Å².